The molecule has 0 fully saturated rings. The maximum Gasteiger partial charge on any atom is 0.338 e. The van der Waals surface area contributed by atoms with Gasteiger partial charge in [0, 0.05) is 18.7 Å². The largest absolute Gasteiger partial charge is 0.452 e. The molecule has 4 amide bonds. The van der Waals surface area contributed by atoms with E-state index in [1.807, 2.05) is 0 Å². The van der Waals surface area contributed by atoms with Crippen molar-refractivity contribution < 1.29 is 28.7 Å². The van der Waals surface area contributed by atoms with Gasteiger partial charge in [0.05, 0.1) is 22.4 Å². The van der Waals surface area contributed by atoms with E-state index >= 15 is 0 Å². The summed E-state index contributed by atoms with van der Waals surface area (Å²) in [4.78, 5) is 61.6. The van der Waals surface area contributed by atoms with Gasteiger partial charge in [0.2, 0.25) is 5.91 Å². The summed E-state index contributed by atoms with van der Waals surface area (Å²) in [6.07, 6.45) is 0. The quantitative estimate of drug-likeness (QED) is 0.542. The molecule has 0 saturated carbocycles. The molecule has 2 aromatic rings. The van der Waals surface area contributed by atoms with Crippen LogP contribution in [0.3, 0.4) is 0 Å². The Morgan fingerprint density at radius 2 is 1.61 bits per heavy atom. The van der Waals surface area contributed by atoms with Crippen LogP contribution in [0, 0.1) is 0 Å². The van der Waals surface area contributed by atoms with Crippen LogP contribution in [-0.2, 0) is 14.3 Å². The Hall–Kier alpha value is -4.01. The zero-order chi connectivity index (χ0) is 22.7. The van der Waals surface area contributed by atoms with Crippen molar-refractivity contribution in [3.8, 4) is 0 Å². The Balaban J connectivity index is 1.76. The van der Waals surface area contributed by atoms with E-state index in [1.165, 1.54) is 37.3 Å². The predicted molar refractivity (Wildman–Crippen MR) is 112 cm³/mol. The molecule has 0 aliphatic carbocycles. The maximum absolute atomic E-state index is 12.9. The molecule has 9 heteroatoms. The van der Waals surface area contributed by atoms with Crippen molar-refractivity contribution >= 4 is 41.0 Å². The number of benzene rings is 2. The molecular formula is C22H21N3O6. The Bertz CT molecular complexity index is 1080. The summed E-state index contributed by atoms with van der Waals surface area (Å²) in [5, 5.41) is 5.20. The van der Waals surface area contributed by atoms with Crippen LogP contribution in [0.1, 0.15) is 51.8 Å². The number of anilines is 2. The minimum absolute atomic E-state index is 0.0557. The van der Waals surface area contributed by atoms with E-state index in [0.717, 1.165) is 4.90 Å². The van der Waals surface area contributed by atoms with E-state index in [0.29, 0.717) is 11.4 Å². The van der Waals surface area contributed by atoms with Gasteiger partial charge >= 0.3 is 5.97 Å². The first-order valence-corrected chi connectivity index (χ1v) is 9.54. The highest BCUT2D eigenvalue weighted by atomic mass is 16.5. The molecule has 0 bridgehead atoms. The zero-order valence-electron chi connectivity index (χ0n) is 17.2. The van der Waals surface area contributed by atoms with Crippen molar-refractivity contribution in [2.45, 2.75) is 26.8 Å². The van der Waals surface area contributed by atoms with E-state index in [4.69, 9.17) is 4.74 Å². The highest BCUT2D eigenvalue weighted by Crippen LogP contribution is 2.30. The number of carbonyl (C=O) groups is 5. The average Bonchev–Trinajstić information content (AvgIpc) is 2.96. The Morgan fingerprint density at radius 3 is 2.23 bits per heavy atom. The van der Waals surface area contributed by atoms with Crippen LogP contribution in [-0.4, -0.2) is 42.2 Å². The number of fused-ring (bicyclic) bond motifs is 1. The number of amides is 4. The Kier molecular flexibility index (Phi) is 6.15. The van der Waals surface area contributed by atoms with Crippen molar-refractivity contribution in [1.82, 2.24) is 5.32 Å². The molecule has 0 radical (unpaired) electrons. The number of esters is 1. The van der Waals surface area contributed by atoms with Crippen LogP contribution >= 0.6 is 0 Å². The van der Waals surface area contributed by atoms with Crippen LogP contribution in [0.25, 0.3) is 0 Å². The van der Waals surface area contributed by atoms with Gasteiger partial charge < -0.3 is 15.4 Å². The van der Waals surface area contributed by atoms with Crippen LogP contribution in [0.15, 0.2) is 42.5 Å². The molecule has 1 heterocycles. The molecule has 0 saturated heterocycles. The third-order valence-corrected chi connectivity index (χ3v) is 4.35. The SMILES string of the molecule is CC(=O)Nc1ccc(N2C(=O)c3ccc(C(=O)OCC(=O)NC(C)C)cc3C2=O)cc1. The second kappa shape index (κ2) is 8.78. The lowest BCUT2D eigenvalue weighted by molar-refractivity contribution is -0.124. The number of hydrogen-bond donors (Lipinski definition) is 2. The number of hydrogen-bond acceptors (Lipinski definition) is 6. The monoisotopic (exact) mass is 423 g/mol. The minimum atomic E-state index is -0.778. The van der Waals surface area contributed by atoms with Crippen LogP contribution in [0.4, 0.5) is 11.4 Å². The van der Waals surface area contributed by atoms with Crippen LogP contribution in [0.2, 0.25) is 0 Å². The molecule has 1 aliphatic rings. The molecule has 0 spiro atoms. The lowest BCUT2D eigenvalue weighted by atomic mass is 10.1. The molecule has 2 aromatic carbocycles. The molecular weight excluding hydrogens is 402 g/mol. The van der Waals surface area contributed by atoms with Gasteiger partial charge in [0.1, 0.15) is 0 Å². The van der Waals surface area contributed by atoms with E-state index in [2.05, 4.69) is 10.6 Å². The highest BCUT2D eigenvalue weighted by molar-refractivity contribution is 6.34. The molecule has 31 heavy (non-hydrogen) atoms. The number of ether oxygens (including phenoxy) is 1. The standard InChI is InChI=1S/C22H21N3O6/c1-12(2)23-19(27)11-31-22(30)14-4-9-17-18(10-14)21(29)25(20(17)28)16-7-5-15(6-8-16)24-13(3)26/h4-10,12H,11H2,1-3H3,(H,23,27)(H,24,26). The first kappa shape index (κ1) is 21.7. The molecule has 3 rings (SSSR count). The fraction of sp³-hybridized carbons (Fsp3) is 0.227. The average molecular weight is 423 g/mol. The molecule has 0 unspecified atom stereocenters. The number of nitrogens with one attached hydrogen (secondary N) is 2. The van der Waals surface area contributed by atoms with Crippen molar-refractivity contribution in [3.63, 3.8) is 0 Å². The van der Waals surface area contributed by atoms with Gasteiger partial charge in [-0.1, -0.05) is 0 Å². The first-order valence-electron chi connectivity index (χ1n) is 9.54. The molecule has 9 nitrogen and oxygen atoms in total. The summed E-state index contributed by atoms with van der Waals surface area (Å²) in [7, 11) is 0. The summed E-state index contributed by atoms with van der Waals surface area (Å²) < 4.78 is 4.97. The van der Waals surface area contributed by atoms with Gasteiger partial charge in [0.25, 0.3) is 17.7 Å². The second-order valence-corrected chi connectivity index (χ2v) is 7.23. The van der Waals surface area contributed by atoms with Gasteiger partial charge in [-0.15, -0.1) is 0 Å². The highest BCUT2D eigenvalue weighted by Gasteiger charge is 2.37. The Morgan fingerprint density at radius 1 is 0.968 bits per heavy atom. The molecule has 2 N–H and O–H groups in total. The fourth-order valence-electron chi connectivity index (χ4n) is 3.08. The zero-order valence-corrected chi connectivity index (χ0v) is 17.2. The molecule has 0 atom stereocenters. The molecule has 160 valence electrons. The van der Waals surface area contributed by atoms with Crippen LogP contribution < -0.4 is 15.5 Å². The normalized spacial score (nSPS) is 12.6. The maximum atomic E-state index is 12.9. The molecule has 1 aliphatic heterocycles. The van der Waals surface area contributed by atoms with Crippen molar-refractivity contribution in [2.24, 2.45) is 0 Å². The topological polar surface area (TPSA) is 122 Å². The lowest BCUT2D eigenvalue weighted by Crippen LogP contribution is -2.34. The molecule has 0 aromatic heterocycles. The third-order valence-electron chi connectivity index (χ3n) is 4.35. The van der Waals surface area contributed by atoms with Gasteiger partial charge in [0.15, 0.2) is 6.61 Å². The summed E-state index contributed by atoms with van der Waals surface area (Å²) in [5.41, 5.74) is 1.14. The van der Waals surface area contributed by atoms with E-state index in [-0.39, 0.29) is 28.6 Å². The van der Waals surface area contributed by atoms with Crippen molar-refractivity contribution in [1.29, 1.82) is 0 Å². The Labute approximate surface area is 178 Å². The van der Waals surface area contributed by atoms with E-state index in [1.54, 1.807) is 26.0 Å². The van der Waals surface area contributed by atoms with Gasteiger partial charge in [-0.25, -0.2) is 9.69 Å². The summed E-state index contributed by atoms with van der Waals surface area (Å²) in [6, 6.07) is 10.2. The third kappa shape index (κ3) is 4.77. The second-order valence-electron chi connectivity index (χ2n) is 7.23. The van der Waals surface area contributed by atoms with Gasteiger partial charge in [-0.2, -0.15) is 0 Å². The van der Waals surface area contributed by atoms with Crippen molar-refractivity contribution in [2.75, 3.05) is 16.8 Å². The smallest absolute Gasteiger partial charge is 0.338 e. The fourth-order valence-corrected chi connectivity index (χ4v) is 3.08. The summed E-state index contributed by atoms with van der Waals surface area (Å²) in [6.45, 7) is 4.48. The summed E-state index contributed by atoms with van der Waals surface area (Å²) in [5.74, 6) is -2.57. The van der Waals surface area contributed by atoms with Crippen molar-refractivity contribution in [3.05, 3.63) is 59.2 Å². The lowest BCUT2D eigenvalue weighted by Gasteiger charge is -2.14. The minimum Gasteiger partial charge on any atom is -0.452 e. The first-order chi connectivity index (χ1) is 14.7. The van der Waals surface area contributed by atoms with E-state index in [9.17, 15) is 24.0 Å². The van der Waals surface area contributed by atoms with Gasteiger partial charge in [-0.3, -0.25) is 19.2 Å². The van der Waals surface area contributed by atoms with E-state index < -0.39 is 30.3 Å². The predicted octanol–water partition coefficient (Wildman–Crippen LogP) is 2.13. The van der Waals surface area contributed by atoms with Gasteiger partial charge in [-0.05, 0) is 56.3 Å². The summed E-state index contributed by atoms with van der Waals surface area (Å²) >= 11 is 0. The number of rotatable bonds is 6. The number of imide groups is 1. The van der Waals surface area contributed by atoms with Crippen LogP contribution in [0.5, 0.6) is 0 Å². The number of nitrogens with zero attached hydrogens (tertiary/aromatic N) is 1. The number of carbonyl (C=O) groups excluding carboxylic acids is 5.